The van der Waals surface area contributed by atoms with Crippen molar-refractivity contribution < 1.29 is 18.0 Å². The molecule has 0 saturated carbocycles. The maximum atomic E-state index is 13.5. The normalized spacial score (nSPS) is 13.1. The summed E-state index contributed by atoms with van der Waals surface area (Å²) >= 11 is 3.44. The first-order chi connectivity index (χ1) is 16.0. The molecule has 9 heteroatoms. The number of nitrogens with zero attached hydrogens (tertiary/aromatic N) is 2. The number of anilines is 1. The Balaban J connectivity index is 2.37. The van der Waals surface area contributed by atoms with Crippen LogP contribution in [-0.2, 0) is 32.6 Å². The lowest BCUT2D eigenvalue weighted by Gasteiger charge is -2.32. The van der Waals surface area contributed by atoms with Gasteiger partial charge in [-0.25, -0.2) is 8.42 Å². The fourth-order valence-corrected chi connectivity index (χ4v) is 4.69. The first kappa shape index (κ1) is 27.9. The van der Waals surface area contributed by atoms with E-state index in [2.05, 4.69) is 21.2 Å². The SMILES string of the molecule is CCc1ccc(N(CC(=O)N(Cc2cccc(Br)c2)[C@@H](C)C(=O)N[C@H](C)CC)S(C)(=O)=O)cc1. The Kier molecular flexibility index (Phi) is 10.1. The number of benzene rings is 2. The van der Waals surface area contributed by atoms with Gasteiger partial charge in [0.2, 0.25) is 21.8 Å². The Labute approximate surface area is 211 Å². The average Bonchev–Trinajstić information content (AvgIpc) is 2.79. The number of halogens is 1. The first-order valence-corrected chi connectivity index (χ1v) is 14.0. The number of carbonyl (C=O) groups excluding carboxylic acids is 2. The third-order valence-corrected chi connectivity index (χ3v) is 7.36. The highest BCUT2D eigenvalue weighted by molar-refractivity contribution is 9.10. The van der Waals surface area contributed by atoms with Crippen LogP contribution in [0.3, 0.4) is 0 Å². The van der Waals surface area contributed by atoms with Gasteiger partial charge in [0.25, 0.3) is 0 Å². The van der Waals surface area contributed by atoms with Gasteiger partial charge < -0.3 is 10.2 Å². The molecule has 2 aromatic carbocycles. The molecule has 0 radical (unpaired) electrons. The van der Waals surface area contributed by atoms with E-state index in [0.717, 1.165) is 39.0 Å². The molecule has 0 heterocycles. The third-order valence-electron chi connectivity index (χ3n) is 5.72. The molecule has 0 aromatic heterocycles. The molecule has 34 heavy (non-hydrogen) atoms. The van der Waals surface area contributed by atoms with E-state index in [0.29, 0.717) is 5.69 Å². The molecule has 0 aliphatic rings. The molecule has 0 fully saturated rings. The molecule has 0 spiro atoms. The Morgan fingerprint density at radius 3 is 2.21 bits per heavy atom. The minimum absolute atomic E-state index is 0.0395. The molecule has 2 atom stereocenters. The average molecular weight is 553 g/mol. The van der Waals surface area contributed by atoms with Crippen LogP contribution >= 0.6 is 15.9 Å². The van der Waals surface area contributed by atoms with Crippen LogP contribution in [-0.4, -0.2) is 50.0 Å². The summed E-state index contributed by atoms with van der Waals surface area (Å²) in [6, 6.07) is 13.7. The lowest BCUT2D eigenvalue weighted by atomic mass is 10.1. The van der Waals surface area contributed by atoms with Crippen molar-refractivity contribution in [3.63, 3.8) is 0 Å². The van der Waals surface area contributed by atoms with Crippen molar-refractivity contribution in [1.82, 2.24) is 10.2 Å². The Bertz CT molecular complexity index is 1090. The molecule has 0 bridgehead atoms. The zero-order valence-electron chi connectivity index (χ0n) is 20.4. The Morgan fingerprint density at radius 1 is 1.03 bits per heavy atom. The van der Waals surface area contributed by atoms with Crippen LogP contribution in [0.1, 0.15) is 45.2 Å². The van der Waals surface area contributed by atoms with E-state index in [9.17, 15) is 18.0 Å². The smallest absolute Gasteiger partial charge is 0.244 e. The standard InChI is InChI=1S/C25H34BrN3O4S/c1-6-18(3)27-25(31)19(4)28(16-21-9-8-10-22(26)15-21)24(30)17-29(34(5,32)33)23-13-11-20(7-2)12-14-23/h8-15,18-19H,6-7,16-17H2,1-5H3,(H,27,31)/t18-,19+/m1/s1. The summed E-state index contributed by atoms with van der Waals surface area (Å²) in [6.45, 7) is 7.30. The monoisotopic (exact) mass is 551 g/mol. The second-order valence-corrected chi connectivity index (χ2v) is 11.3. The van der Waals surface area contributed by atoms with Gasteiger partial charge in [0.15, 0.2) is 0 Å². The molecule has 2 amide bonds. The molecule has 0 aliphatic carbocycles. The molecule has 2 aromatic rings. The van der Waals surface area contributed by atoms with Crippen molar-refractivity contribution in [1.29, 1.82) is 0 Å². The highest BCUT2D eigenvalue weighted by Gasteiger charge is 2.30. The fourth-order valence-electron chi connectivity index (χ4n) is 3.39. The van der Waals surface area contributed by atoms with Crippen LogP contribution < -0.4 is 9.62 Å². The van der Waals surface area contributed by atoms with Gasteiger partial charge in [-0.3, -0.25) is 13.9 Å². The molecular formula is C25H34BrN3O4S. The summed E-state index contributed by atoms with van der Waals surface area (Å²) in [5.74, 6) is -0.743. The van der Waals surface area contributed by atoms with E-state index in [4.69, 9.17) is 0 Å². The highest BCUT2D eigenvalue weighted by Crippen LogP contribution is 2.21. The van der Waals surface area contributed by atoms with Crippen LogP contribution in [0.25, 0.3) is 0 Å². The lowest BCUT2D eigenvalue weighted by Crippen LogP contribution is -2.52. The number of amides is 2. The van der Waals surface area contributed by atoms with Crippen molar-refractivity contribution >= 4 is 43.5 Å². The van der Waals surface area contributed by atoms with E-state index in [1.807, 2.05) is 57.2 Å². The van der Waals surface area contributed by atoms with Gasteiger partial charge in [-0.2, -0.15) is 0 Å². The van der Waals surface area contributed by atoms with Gasteiger partial charge in [0.1, 0.15) is 12.6 Å². The van der Waals surface area contributed by atoms with Crippen molar-refractivity contribution in [2.24, 2.45) is 0 Å². The van der Waals surface area contributed by atoms with Crippen LogP contribution in [0.2, 0.25) is 0 Å². The number of carbonyl (C=O) groups is 2. The largest absolute Gasteiger partial charge is 0.352 e. The van der Waals surface area contributed by atoms with Crippen molar-refractivity contribution in [3.05, 3.63) is 64.1 Å². The van der Waals surface area contributed by atoms with Crippen molar-refractivity contribution in [2.75, 3.05) is 17.1 Å². The number of nitrogens with one attached hydrogen (secondary N) is 1. The fraction of sp³-hybridized carbons (Fsp3) is 0.440. The van der Waals surface area contributed by atoms with Crippen LogP contribution in [0.15, 0.2) is 53.0 Å². The quantitative estimate of drug-likeness (QED) is 0.455. The summed E-state index contributed by atoms with van der Waals surface area (Å²) in [5.41, 5.74) is 2.30. The molecule has 0 saturated heterocycles. The van der Waals surface area contributed by atoms with Crippen molar-refractivity contribution in [3.8, 4) is 0 Å². The van der Waals surface area contributed by atoms with Crippen LogP contribution in [0.4, 0.5) is 5.69 Å². The molecule has 0 aliphatic heterocycles. The van der Waals surface area contributed by atoms with E-state index >= 15 is 0 Å². The zero-order valence-corrected chi connectivity index (χ0v) is 22.8. The second kappa shape index (κ2) is 12.4. The van der Waals surface area contributed by atoms with E-state index in [-0.39, 0.29) is 18.5 Å². The second-order valence-electron chi connectivity index (χ2n) is 8.44. The summed E-state index contributed by atoms with van der Waals surface area (Å²) in [6.07, 6.45) is 2.65. The number of aryl methyl sites for hydroxylation is 1. The van der Waals surface area contributed by atoms with Gasteiger partial charge in [-0.1, -0.05) is 54.0 Å². The number of hydrogen-bond acceptors (Lipinski definition) is 4. The minimum atomic E-state index is -3.74. The molecule has 1 N–H and O–H groups in total. The Morgan fingerprint density at radius 2 is 1.68 bits per heavy atom. The Hall–Kier alpha value is -2.39. The highest BCUT2D eigenvalue weighted by atomic mass is 79.9. The van der Waals surface area contributed by atoms with E-state index in [1.54, 1.807) is 19.1 Å². The molecular weight excluding hydrogens is 518 g/mol. The number of hydrogen-bond donors (Lipinski definition) is 1. The van der Waals surface area contributed by atoms with Gasteiger partial charge in [0, 0.05) is 17.1 Å². The van der Waals surface area contributed by atoms with Gasteiger partial charge in [-0.05, 0) is 62.1 Å². The molecule has 7 nitrogen and oxygen atoms in total. The maximum Gasteiger partial charge on any atom is 0.244 e. The maximum absolute atomic E-state index is 13.5. The van der Waals surface area contributed by atoms with E-state index < -0.39 is 28.5 Å². The topological polar surface area (TPSA) is 86.8 Å². The van der Waals surface area contributed by atoms with Crippen LogP contribution in [0.5, 0.6) is 0 Å². The number of sulfonamides is 1. The van der Waals surface area contributed by atoms with Crippen molar-refractivity contribution in [2.45, 2.75) is 59.2 Å². The summed E-state index contributed by atoms with van der Waals surface area (Å²) in [7, 11) is -3.74. The minimum Gasteiger partial charge on any atom is -0.352 e. The van der Waals surface area contributed by atoms with Crippen LogP contribution in [0, 0.1) is 0 Å². The summed E-state index contributed by atoms with van der Waals surface area (Å²) in [5, 5.41) is 2.92. The molecule has 2 rings (SSSR count). The predicted molar refractivity (Wildman–Crippen MR) is 140 cm³/mol. The predicted octanol–water partition coefficient (Wildman–Crippen LogP) is 4.11. The van der Waals surface area contributed by atoms with Gasteiger partial charge in [-0.15, -0.1) is 0 Å². The van der Waals surface area contributed by atoms with E-state index in [1.165, 1.54) is 4.90 Å². The molecule has 0 unspecified atom stereocenters. The zero-order chi connectivity index (χ0) is 25.5. The first-order valence-electron chi connectivity index (χ1n) is 11.4. The van der Waals surface area contributed by atoms with Gasteiger partial charge >= 0.3 is 0 Å². The van der Waals surface area contributed by atoms with Gasteiger partial charge in [0.05, 0.1) is 11.9 Å². The number of rotatable bonds is 11. The summed E-state index contributed by atoms with van der Waals surface area (Å²) in [4.78, 5) is 27.8. The third kappa shape index (κ3) is 7.84. The summed E-state index contributed by atoms with van der Waals surface area (Å²) < 4.78 is 27.1. The molecule has 186 valence electrons. The lowest BCUT2D eigenvalue weighted by molar-refractivity contribution is -0.139.